The summed E-state index contributed by atoms with van der Waals surface area (Å²) in [7, 11) is -10.1. The van der Waals surface area contributed by atoms with E-state index in [0.29, 0.717) is 73.8 Å². The van der Waals surface area contributed by atoms with Gasteiger partial charge < -0.3 is 68.3 Å². The first-order valence-electron chi connectivity index (χ1n) is 49.8. The number of ether oxygens (including phenoxy) is 8. The molecule has 2 heterocycles. The van der Waals surface area contributed by atoms with Crippen molar-refractivity contribution in [1.82, 2.24) is 0 Å². The van der Waals surface area contributed by atoms with Crippen molar-refractivity contribution in [2.75, 3.05) is 66.1 Å². The Labute approximate surface area is 743 Å². The number of aliphatic hydroxyl groups is 5. The molecule has 0 radical (unpaired) electrons. The van der Waals surface area contributed by atoms with Gasteiger partial charge in [0.05, 0.1) is 39.6 Å². The maximum atomic E-state index is 14.1. The highest BCUT2D eigenvalue weighted by molar-refractivity contribution is 7.80. The molecule has 23 heteroatoms. The minimum Gasteiger partial charge on any atom is -0.387 e. The SMILES string of the molecule is CC(C)CCCC(C)CCCC(C)CCCC(C)CCOCC(CO[C@H]1O[C@H](COP(=O)(O)OCC(COCCC(C)CCCC(C)CCCC(C)CCCC(C)C)OCCC(C)CCCC(C)CCCC(C)CCCC(C)C)[C@@H](O)[C@H](O)[C@H]1O[C@H]1O[C@H](COS(=O)(=O)O)[C@@H](O)[C@H](O)[C@@H]1O)OCCC(C)CCCC(C)CCCC(C)CCCC(C)C. The number of rotatable bonds is 80. The first kappa shape index (κ1) is 117. The standard InChI is InChI=1S/C98H195O21PS/c1-71(2)33-21-37-75(9)41-25-45-79(13)49-29-53-83(17)57-61-109-65-87(111-63-59-85(19)55-31-51-81(15)47-27-43-77(11)39-23-35-73(5)6)67-113-98-96(119-97-95(103)93(101)91(99)90(117-97)70-116-121(106,107)108)94(102)92(100)89(118-98)69-115-120(104,105)114-68-88(112-64-60-86(20)56-32-52-82(16)48-28-44-78(12)40-24-36-74(7)8)66-110-62-58-84(18)54-30-50-80(14)46-26-42-76(10)38-22-34-72(3)4/h71-103H,21-70H2,1-20H3,(H,104,105)(H,106,107,108)/t75?,76?,77?,78?,79?,80?,81?,82?,83?,84?,85?,86?,87?,88?,89-,90-,91-,92-,93+,94+,95+,96-,97-,98+/m1/s1. The average Bonchev–Trinajstić information content (AvgIpc) is 0.783. The van der Waals surface area contributed by atoms with Crippen molar-refractivity contribution >= 4 is 18.2 Å². The highest BCUT2D eigenvalue weighted by atomic mass is 32.3. The van der Waals surface area contributed by atoms with Gasteiger partial charge in [-0.05, 0) is 120 Å². The third-order valence-electron chi connectivity index (χ3n) is 26.4. The lowest BCUT2D eigenvalue weighted by Crippen LogP contribution is -2.65. The Bertz CT molecular complexity index is 2580. The fourth-order valence-electron chi connectivity index (χ4n) is 17.3. The normalized spacial score (nSPS) is 24.2. The first-order valence-corrected chi connectivity index (χ1v) is 52.7. The molecule has 0 aliphatic carbocycles. The molecule has 2 rings (SSSR count). The highest BCUT2D eigenvalue weighted by Crippen LogP contribution is 2.45. The molecule has 21 nitrogen and oxygen atoms in total. The van der Waals surface area contributed by atoms with Crippen molar-refractivity contribution in [2.45, 2.75) is 469 Å². The summed E-state index contributed by atoms with van der Waals surface area (Å²) in [5.41, 5.74) is 0. The second-order valence-corrected chi connectivity index (χ2v) is 44.1. The van der Waals surface area contributed by atoms with Crippen molar-refractivity contribution in [1.29, 1.82) is 0 Å². The molecule has 15 unspecified atom stereocenters. The van der Waals surface area contributed by atoms with Crippen LogP contribution < -0.4 is 0 Å². The molecule has 121 heavy (non-hydrogen) atoms. The molecule has 0 aromatic rings. The minimum atomic E-state index is -5.07. The van der Waals surface area contributed by atoms with E-state index in [0.717, 1.165) is 131 Å². The molecule has 0 aromatic carbocycles. The molecule has 0 bridgehead atoms. The van der Waals surface area contributed by atoms with Crippen LogP contribution in [0.2, 0.25) is 0 Å². The topological polar surface area (TPSA) is 294 Å². The zero-order chi connectivity index (χ0) is 90.3. The van der Waals surface area contributed by atoms with Gasteiger partial charge in [-0.1, -0.05) is 370 Å². The Morgan fingerprint density at radius 1 is 0.306 bits per heavy atom. The van der Waals surface area contributed by atoms with Crippen molar-refractivity contribution in [3.05, 3.63) is 0 Å². The van der Waals surface area contributed by atoms with E-state index in [-0.39, 0.29) is 26.4 Å². The zero-order valence-corrected chi connectivity index (χ0v) is 82.9. The molecule has 0 spiro atoms. The smallest absolute Gasteiger partial charge is 0.387 e. The van der Waals surface area contributed by atoms with E-state index in [4.69, 9.17) is 46.9 Å². The summed E-state index contributed by atoms with van der Waals surface area (Å²) in [5, 5.41) is 57.2. The van der Waals surface area contributed by atoms with Crippen LogP contribution >= 0.6 is 7.82 Å². The van der Waals surface area contributed by atoms with Crippen LogP contribution in [0.15, 0.2) is 0 Å². The molecule has 0 amide bonds. The fraction of sp³-hybridized carbons (Fsp3) is 1.00. The third kappa shape index (κ3) is 60.9. The molecule has 2 aliphatic rings. The van der Waals surface area contributed by atoms with Crippen molar-refractivity contribution in [2.24, 2.45) is 94.7 Å². The van der Waals surface area contributed by atoms with Gasteiger partial charge in [0.25, 0.3) is 0 Å². The highest BCUT2D eigenvalue weighted by Gasteiger charge is 2.52. The largest absolute Gasteiger partial charge is 0.472 e. The Balaban J connectivity index is 2.35. The van der Waals surface area contributed by atoms with Crippen LogP contribution in [0.4, 0.5) is 0 Å². The van der Waals surface area contributed by atoms with Crippen LogP contribution in [0.5, 0.6) is 0 Å². The van der Waals surface area contributed by atoms with E-state index >= 15 is 0 Å². The Hall–Kier alpha value is -0.540. The van der Waals surface area contributed by atoms with Crippen LogP contribution in [0.1, 0.15) is 395 Å². The van der Waals surface area contributed by atoms with Crippen LogP contribution in [-0.4, -0.2) is 183 Å². The second-order valence-electron chi connectivity index (χ2n) is 41.5. The summed E-state index contributed by atoms with van der Waals surface area (Å²) in [4.78, 5) is 11.5. The number of phosphoric acid groups is 1. The van der Waals surface area contributed by atoms with Crippen LogP contribution in [0, 0.1) is 94.7 Å². The van der Waals surface area contributed by atoms with Crippen molar-refractivity contribution in [3.8, 4) is 0 Å². The first-order chi connectivity index (χ1) is 57.2. The summed E-state index contributed by atoms with van der Waals surface area (Å²) >= 11 is 0. The predicted molar refractivity (Wildman–Crippen MR) is 493 cm³/mol. The molecular formula is C98H195O21PS. The van der Waals surface area contributed by atoms with E-state index in [1.54, 1.807) is 0 Å². The Morgan fingerprint density at radius 3 is 0.876 bits per heavy atom. The van der Waals surface area contributed by atoms with Gasteiger partial charge >= 0.3 is 18.2 Å². The summed E-state index contributed by atoms with van der Waals surface area (Å²) in [6.45, 7) is 46.0. The van der Waals surface area contributed by atoms with Crippen LogP contribution in [0.25, 0.3) is 0 Å². The second kappa shape index (κ2) is 68.5. The molecule has 0 saturated carbocycles. The minimum absolute atomic E-state index is 0.104. The maximum absolute atomic E-state index is 14.1. The van der Waals surface area contributed by atoms with Gasteiger partial charge in [0, 0.05) is 26.4 Å². The van der Waals surface area contributed by atoms with Gasteiger partial charge in [-0.3, -0.25) is 13.6 Å². The molecule has 724 valence electrons. The fourth-order valence-corrected chi connectivity index (χ4v) is 18.4. The Kier molecular flexibility index (Phi) is 65.9. The van der Waals surface area contributed by atoms with E-state index in [2.05, 4.69) is 143 Å². The quantitative estimate of drug-likeness (QED) is 0.0169. The summed E-state index contributed by atoms with van der Waals surface area (Å²) in [6, 6.07) is 0. The number of hydrogen-bond acceptors (Lipinski definition) is 19. The predicted octanol–water partition coefficient (Wildman–Crippen LogP) is 23.3. The zero-order valence-electron chi connectivity index (χ0n) is 81.2. The van der Waals surface area contributed by atoms with Gasteiger partial charge in [-0.15, -0.1) is 0 Å². The molecule has 7 N–H and O–H groups in total. The molecular weight excluding hydrogens is 1580 g/mol. The van der Waals surface area contributed by atoms with Gasteiger partial charge in [0.1, 0.15) is 61.0 Å². The van der Waals surface area contributed by atoms with Gasteiger partial charge in [-0.25, -0.2) is 8.75 Å². The lowest BCUT2D eigenvalue weighted by atomic mass is 9.91. The lowest BCUT2D eigenvalue weighted by Gasteiger charge is -2.46. The van der Waals surface area contributed by atoms with Crippen LogP contribution in [0.3, 0.4) is 0 Å². The van der Waals surface area contributed by atoms with E-state index in [1.165, 1.54) is 173 Å². The van der Waals surface area contributed by atoms with E-state index in [9.17, 15) is 48.0 Å². The summed E-state index contributed by atoms with van der Waals surface area (Å²) < 4.78 is 113. The van der Waals surface area contributed by atoms with Gasteiger partial charge in [0.2, 0.25) is 0 Å². The van der Waals surface area contributed by atoms with Gasteiger partial charge in [-0.2, -0.15) is 8.42 Å². The molecule has 2 saturated heterocycles. The van der Waals surface area contributed by atoms with Crippen molar-refractivity contribution in [3.63, 3.8) is 0 Å². The third-order valence-corrected chi connectivity index (χ3v) is 27.8. The van der Waals surface area contributed by atoms with E-state index < -0.39 is 105 Å². The monoisotopic (exact) mass is 1770 g/mol. The summed E-state index contributed by atoms with van der Waals surface area (Å²) in [6.07, 6.45) is 27.6. The molecule has 2 fully saturated rings. The molecule has 0 aromatic heterocycles. The number of aliphatic hydroxyl groups excluding tert-OH is 5. The number of hydrogen-bond donors (Lipinski definition) is 7. The summed E-state index contributed by atoms with van der Waals surface area (Å²) in [5.74, 6) is 10.4. The average molecular weight is 1770 g/mol. The van der Waals surface area contributed by atoms with Crippen LogP contribution in [-0.2, 0) is 66.1 Å². The number of phosphoric ester groups is 1. The van der Waals surface area contributed by atoms with E-state index in [1.807, 2.05) is 0 Å². The Morgan fingerprint density at radius 2 is 0.570 bits per heavy atom. The maximum Gasteiger partial charge on any atom is 0.472 e. The molecule has 2 aliphatic heterocycles. The molecule has 25 atom stereocenters. The van der Waals surface area contributed by atoms with Gasteiger partial charge in [0.15, 0.2) is 12.6 Å². The van der Waals surface area contributed by atoms with Crippen molar-refractivity contribution < 1.29 is 99.1 Å². The lowest BCUT2D eigenvalue weighted by molar-refractivity contribution is -0.368.